The molecule has 0 aliphatic rings. The van der Waals surface area contributed by atoms with Gasteiger partial charge in [0.1, 0.15) is 6.04 Å². The molecule has 0 aliphatic carbocycles. The number of carboxylic acid groups (broad SMARTS) is 1. The molecular weight excluding hydrogens is 289 g/mol. The lowest BCUT2D eigenvalue weighted by Crippen LogP contribution is -2.44. The Hall–Kier alpha value is -2.25. The van der Waals surface area contributed by atoms with Gasteiger partial charge in [0.05, 0.1) is 0 Å². The van der Waals surface area contributed by atoms with Crippen molar-refractivity contribution < 1.29 is 27.9 Å². The van der Waals surface area contributed by atoms with Crippen LogP contribution >= 0.6 is 0 Å². The number of amides is 2. The third kappa shape index (κ3) is 6.15. The second kappa shape index (κ2) is 6.96. The lowest BCUT2D eigenvalue weighted by molar-refractivity contribution is -0.148. The molecule has 0 bridgehead atoms. The number of alkyl halides is 3. The number of carbonyl (C=O) groups is 2. The van der Waals surface area contributed by atoms with Gasteiger partial charge in [0, 0.05) is 12.1 Å². The largest absolute Gasteiger partial charge is 0.481 e. The number of carboxylic acids is 1. The Morgan fingerprint density at radius 2 is 2.00 bits per heavy atom. The first-order chi connectivity index (χ1) is 9.68. The molecule has 8 heteroatoms. The first-order valence-electron chi connectivity index (χ1n) is 6.13. The van der Waals surface area contributed by atoms with Crippen molar-refractivity contribution in [2.45, 2.75) is 32.0 Å². The third-order valence-corrected chi connectivity index (χ3v) is 2.65. The number of hydrogen-bond acceptors (Lipinski definition) is 2. The number of halogens is 3. The molecule has 2 amide bonds. The van der Waals surface area contributed by atoms with E-state index >= 15 is 0 Å². The molecule has 0 aliphatic heterocycles. The molecule has 1 aromatic carbocycles. The summed E-state index contributed by atoms with van der Waals surface area (Å²) in [4.78, 5) is 21.9. The molecule has 5 nitrogen and oxygen atoms in total. The average molecular weight is 304 g/mol. The van der Waals surface area contributed by atoms with Crippen LogP contribution in [0.25, 0.3) is 0 Å². The number of nitrogens with one attached hydrogen (secondary N) is 2. The molecule has 0 fully saturated rings. The van der Waals surface area contributed by atoms with Gasteiger partial charge >= 0.3 is 18.2 Å². The van der Waals surface area contributed by atoms with E-state index in [-0.39, 0.29) is 12.8 Å². The Bertz CT molecular complexity index is 518. The predicted molar refractivity (Wildman–Crippen MR) is 70.1 cm³/mol. The fraction of sp³-hybridized carbons (Fsp3) is 0.385. The average Bonchev–Trinajstić information content (AvgIpc) is 2.35. The molecule has 0 saturated carbocycles. The Morgan fingerprint density at radius 3 is 2.57 bits per heavy atom. The van der Waals surface area contributed by atoms with E-state index < -0.39 is 24.2 Å². The van der Waals surface area contributed by atoms with Gasteiger partial charge in [-0.2, -0.15) is 13.2 Å². The smallest absolute Gasteiger partial charge is 0.408 e. The van der Waals surface area contributed by atoms with E-state index in [1.807, 2.05) is 0 Å². The van der Waals surface area contributed by atoms with Crippen LogP contribution in [0.5, 0.6) is 0 Å². The van der Waals surface area contributed by atoms with Crippen LogP contribution in [-0.4, -0.2) is 29.3 Å². The van der Waals surface area contributed by atoms with Crippen molar-refractivity contribution in [3.05, 3.63) is 29.8 Å². The van der Waals surface area contributed by atoms with Gasteiger partial charge in [0.25, 0.3) is 0 Å². The summed E-state index contributed by atoms with van der Waals surface area (Å²) in [6.07, 6.45) is -4.31. The Morgan fingerprint density at radius 1 is 1.33 bits per heavy atom. The van der Waals surface area contributed by atoms with E-state index in [1.165, 1.54) is 12.1 Å². The van der Waals surface area contributed by atoms with Crippen LogP contribution in [0.1, 0.15) is 18.9 Å². The molecule has 21 heavy (non-hydrogen) atoms. The third-order valence-electron chi connectivity index (χ3n) is 2.65. The van der Waals surface area contributed by atoms with Gasteiger partial charge < -0.3 is 15.7 Å². The Labute approximate surface area is 119 Å². The fourth-order valence-corrected chi connectivity index (χ4v) is 1.50. The normalized spacial score (nSPS) is 12.6. The second-order valence-electron chi connectivity index (χ2n) is 4.46. The first kappa shape index (κ1) is 16.8. The first-order valence-corrected chi connectivity index (χ1v) is 6.13. The van der Waals surface area contributed by atoms with E-state index in [9.17, 15) is 22.8 Å². The number of aryl methyl sites for hydroxylation is 1. The number of anilines is 1. The van der Waals surface area contributed by atoms with Crippen molar-refractivity contribution in [2.75, 3.05) is 5.32 Å². The second-order valence-corrected chi connectivity index (χ2v) is 4.46. The quantitative estimate of drug-likeness (QED) is 0.782. The molecule has 1 atom stereocenters. The SMILES string of the molecule is CC(NC(=O)Nc1cccc(CCC(=O)O)c1)C(F)(F)F. The number of urea groups is 1. The highest BCUT2D eigenvalue weighted by Gasteiger charge is 2.36. The van der Waals surface area contributed by atoms with E-state index in [0.29, 0.717) is 11.3 Å². The molecule has 3 N–H and O–H groups in total. The summed E-state index contributed by atoms with van der Waals surface area (Å²) in [7, 11) is 0. The maximum Gasteiger partial charge on any atom is 0.408 e. The zero-order chi connectivity index (χ0) is 16.0. The molecule has 1 unspecified atom stereocenters. The monoisotopic (exact) mass is 304 g/mol. The molecule has 0 heterocycles. The zero-order valence-corrected chi connectivity index (χ0v) is 11.2. The van der Waals surface area contributed by atoms with Crippen LogP contribution in [0.2, 0.25) is 0 Å². The minimum absolute atomic E-state index is 0.0687. The number of hydrogen-bond donors (Lipinski definition) is 3. The molecule has 0 aromatic heterocycles. The van der Waals surface area contributed by atoms with E-state index in [0.717, 1.165) is 6.92 Å². The van der Waals surface area contributed by atoms with Crippen molar-refractivity contribution in [2.24, 2.45) is 0 Å². The summed E-state index contributed by atoms with van der Waals surface area (Å²) in [6, 6.07) is 3.33. The molecule has 0 radical (unpaired) electrons. The van der Waals surface area contributed by atoms with Gasteiger partial charge in [-0.25, -0.2) is 4.79 Å². The van der Waals surface area contributed by atoms with Gasteiger partial charge in [-0.15, -0.1) is 0 Å². The van der Waals surface area contributed by atoms with Gasteiger partial charge in [0.2, 0.25) is 0 Å². The van der Waals surface area contributed by atoms with Crippen LogP contribution < -0.4 is 10.6 Å². The topological polar surface area (TPSA) is 78.4 Å². The van der Waals surface area contributed by atoms with Crippen molar-refractivity contribution in [1.82, 2.24) is 5.32 Å². The Kier molecular flexibility index (Phi) is 5.57. The van der Waals surface area contributed by atoms with Gasteiger partial charge in [-0.1, -0.05) is 12.1 Å². The van der Waals surface area contributed by atoms with Crippen molar-refractivity contribution >= 4 is 17.7 Å². The van der Waals surface area contributed by atoms with Crippen LogP contribution in [0.3, 0.4) is 0 Å². The minimum Gasteiger partial charge on any atom is -0.481 e. The molecule has 116 valence electrons. The number of aliphatic carboxylic acids is 1. The molecule has 0 saturated heterocycles. The van der Waals surface area contributed by atoms with E-state index in [4.69, 9.17) is 5.11 Å². The standard InChI is InChI=1S/C13H15F3N2O3/c1-8(13(14,15)16)17-12(21)18-10-4-2-3-9(7-10)5-6-11(19)20/h2-4,7-8H,5-6H2,1H3,(H,19,20)(H2,17,18,21). The fourth-order valence-electron chi connectivity index (χ4n) is 1.50. The maximum absolute atomic E-state index is 12.3. The number of carbonyl (C=O) groups excluding carboxylic acids is 1. The van der Waals surface area contributed by atoms with Crippen LogP contribution in [0.4, 0.5) is 23.7 Å². The lowest BCUT2D eigenvalue weighted by atomic mass is 10.1. The van der Waals surface area contributed by atoms with E-state index in [1.54, 1.807) is 17.4 Å². The van der Waals surface area contributed by atoms with Crippen molar-refractivity contribution in [3.8, 4) is 0 Å². The van der Waals surface area contributed by atoms with Crippen molar-refractivity contribution in [3.63, 3.8) is 0 Å². The van der Waals surface area contributed by atoms with Crippen LogP contribution in [-0.2, 0) is 11.2 Å². The van der Waals surface area contributed by atoms with Crippen LogP contribution in [0, 0.1) is 0 Å². The molecule has 1 rings (SSSR count). The highest BCUT2D eigenvalue weighted by Crippen LogP contribution is 2.19. The summed E-state index contributed by atoms with van der Waals surface area (Å²) in [5, 5.41) is 12.6. The minimum atomic E-state index is -4.51. The molecule has 1 aromatic rings. The van der Waals surface area contributed by atoms with Gasteiger partial charge in [0.15, 0.2) is 0 Å². The zero-order valence-electron chi connectivity index (χ0n) is 11.2. The van der Waals surface area contributed by atoms with Gasteiger partial charge in [-0.3, -0.25) is 4.79 Å². The number of benzene rings is 1. The van der Waals surface area contributed by atoms with Gasteiger partial charge in [-0.05, 0) is 31.0 Å². The lowest BCUT2D eigenvalue weighted by Gasteiger charge is -2.17. The molecule has 0 spiro atoms. The van der Waals surface area contributed by atoms with Crippen LogP contribution in [0.15, 0.2) is 24.3 Å². The summed E-state index contributed by atoms with van der Waals surface area (Å²) in [6.45, 7) is 0.836. The molecular formula is C13H15F3N2O3. The van der Waals surface area contributed by atoms with E-state index in [2.05, 4.69) is 5.32 Å². The summed E-state index contributed by atoms with van der Waals surface area (Å²) in [5.74, 6) is -0.954. The summed E-state index contributed by atoms with van der Waals surface area (Å²) in [5.41, 5.74) is 0.962. The summed E-state index contributed by atoms with van der Waals surface area (Å²) >= 11 is 0. The predicted octanol–water partition coefficient (Wildman–Crippen LogP) is 2.78. The highest BCUT2D eigenvalue weighted by molar-refractivity contribution is 5.89. The highest BCUT2D eigenvalue weighted by atomic mass is 19.4. The maximum atomic E-state index is 12.3. The summed E-state index contributed by atoms with van der Waals surface area (Å²) < 4.78 is 36.9. The Balaban J connectivity index is 2.60. The number of rotatable bonds is 5. The van der Waals surface area contributed by atoms with Crippen molar-refractivity contribution in [1.29, 1.82) is 0 Å².